The van der Waals surface area contributed by atoms with Crippen LogP contribution in [-0.2, 0) is 34.1 Å². The van der Waals surface area contributed by atoms with Crippen molar-refractivity contribution in [1.29, 1.82) is 0 Å². The Morgan fingerprint density at radius 2 is 1.13 bits per heavy atom. The van der Waals surface area contributed by atoms with Crippen molar-refractivity contribution in [2.24, 2.45) is 0 Å². The van der Waals surface area contributed by atoms with E-state index in [1.807, 2.05) is 51.1 Å². The van der Waals surface area contributed by atoms with Gasteiger partial charge in [0.1, 0.15) is 0 Å². The van der Waals surface area contributed by atoms with E-state index in [0.29, 0.717) is 6.42 Å². The summed E-state index contributed by atoms with van der Waals surface area (Å²) in [5, 5.41) is 24.0. The van der Waals surface area contributed by atoms with Gasteiger partial charge in [0.25, 0.3) is 0 Å². The van der Waals surface area contributed by atoms with Gasteiger partial charge in [-0.3, -0.25) is 0 Å². The molecule has 11 heteroatoms. The molecular formula is C27H33BMoN6O3. The Kier molecular flexibility index (Phi) is 13.2. The fourth-order valence-corrected chi connectivity index (χ4v) is 5.00. The molecule has 0 radical (unpaired) electrons. The van der Waals surface area contributed by atoms with Crippen molar-refractivity contribution in [2.75, 3.05) is 0 Å². The first-order chi connectivity index (χ1) is 18.0. The summed E-state index contributed by atoms with van der Waals surface area (Å²) in [4.78, 5) is 0. The third-order valence-corrected chi connectivity index (χ3v) is 6.28. The zero-order chi connectivity index (χ0) is 29.0. The number of hydrogen-bond acceptors (Lipinski definition) is 4. The van der Waals surface area contributed by atoms with Gasteiger partial charge in [0.2, 0.25) is 0 Å². The van der Waals surface area contributed by atoms with Gasteiger partial charge in [-0.2, -0.15) is 0 Å². The third-order valence-electron chi connectivity index (χ3n) is 5.93. The summed E-state index contributed by atoms with van der Waals surface area (Å²) in [6.07, 6.45) is 0.571. The maximum atomic E-state index is 9.92. The van der Waals surface area contributed by atoms with Crippen LogP contribution in [0.15, 0.2) is 48.5 Å². The van der Waals surface area contributed by atoms with Crippen molar-refractivity contribution in [1.82, 2.24) is 29.1 Å². The van der Waals surface area contributed by atoms with Crippen LogP contribution in [0.2, 0.25) is 0 Å². The Balaban J connectivity index is 0.000000383. The number of aryl methyl sites for hydroxylation is 6. The van der Waals surface area contributed by atoms with E-state index in [1.165, 1.54) is 0 Å². The minimum atomic E-state index is -1.26. The van der Waals surface area contributed by atoms with Gasteiger partial charge >= 0.3 is 113 Å². The molecule has 4 rings (SSSR count). The molecule has 3 aromatic heterocycles. The number of hydrogen-bond donors (Lipinski definition) is 1. The molecule has 9 nitrogen and oxygen atoms in total. The predicted octanol–water partition coefficient (Wildman–Crippen LogP) is 3.50. The van der Waals surface area contributed by atoms with E-state index in [2.05, 4.69) is 70.3 Å². The molecule has 1 unspecified atom stereocenters. The van der Waals surface area contributed by atoms with E-state index in [1.54, 1.807) is 26.1 Å². The first kappa shape index (κ1) is 32.9. The van der Waals surface area contributed by atoms with Crippen LogP contribution in [-0.4, -0.2) is 41.3 Å². The first-order valence-electron chi connectivity index (χ1n) is 11.8. The Labute approximate surface area is 235 Å². The molecule has 0 aliphatic rings. The van der Waals surface area contributed by atoms with Gasteiger partial charge in [0.15, 0.2) is 0 Å². The van der Waals surface area contributed by atoms with Gasteiger partial charge in [-0.1, -0.05) is 0 Å². The van der Waals surface area contributed by atoms with E-state index in [-0.39, 0.29) is 0 Å². The second-order valence-electron chi connectivity index (χ2n) is 9.17. The molecule has 0 aliphatic carbocycles. The topological polar surface area (TPSA) is 113 Å². The van der Waals surface area contributed by atoms with Gasteiger partial charge < -0.3 is 13.8 Å². The predicted molar refractivity (Wildman–Crippen MR) is 141 cm³/mol. The Morgan fingerprint density at radius 3 is 1.39 bits per heavy atom. The molecule has 0 spiro atoms. The molecule has 38 heavy (non-hydrogen) atoms. The summed E-state index contributed by atoms with van der Waals surface area (Å²) in [6, 6.07) is 15.9. The van der Waals surface area contributed by atoms with E-state index >= 15 is 0 Å². The van der Waals surface area contributed by atoms with Gasteiger partial charge in [0.05, 0.1) is 17.1 Å². The fourth-order valence-electron chi connectivity index (χ4n) is 4.30. The molecule has 1 aromatic carbocycles. The first-order valence-corrected chi connectivity index (χ1v) is 12.8. The van der Waals surface area contributed by atoms with E-state index in [4.69, 9.17) is 24.6 Å². The van der Waals surface area contributed by atoms with Gasteiger partial charge in [-0.25, -0.2) is 15.3 Å². The Morgan fingerprint density at radius 1 is 0.789 bits per heavy atom. The second kappa shape index (κ2) is 15.3. The van der Waals surface area contributed by atoms with E-state index in [0.717, 1.165) is 39.7 Å². The molecule has 3 heterocycles. The van der Waals surface area contributed by atoms with Gasteiger partial charge in [0, 0.05) is 0 Å². The molecule has 0 fully saturated rings. The quantitative estimate of drug-likeness (QED) is 0.216. The molecule has 0 saturated heterocycles. The van der Waals surface area contributed by atoms with Crippen molar-refractivity contribution >= 4 is 7.12 Å². The van der Waals surface area contributed by atoms with Crippen molar-refractivity contribution in [3.05, 3.63) is 102 Å². The summed E-state index contributed by atoms with van der Waals surface area (Å²) in [5.74, 6) is 0. The second-order valence-corrected chi connectivity index (χ2v) is 9.87. The molecule has 0 aliphatic heterocycles. The van der Waals surface area contributed by atoms with Crippen molar-refractivity contribution < 1.29 is 33.6 Å². The number of rotatable bonds is 5. The van der Waals surface area contributed by atoms with Crippen molar-refractivity contribution in [2.45, 2.75) is 60.5 Å². The van der Waals surface area contributed by atoms with E-state index in [9.17, 15) is 5.11 Å². The van der Waals surface area contributed by atoms with Crippen LogP contribution in [0, 0.1) is 59.0 Å². The van der Waals surface area contributed by atoms with Crippen LogP contribution >= 0.6 is 0 Å². The van der Waals surface area contributed by atoms with Crippen LogP contribution in [0.5, 0.6) is 0 Å². The molecule has 0 saturated carbocycles. The summed E-state index contributed by atoms with van der Waals surface area (Å²) in [7, 11) is -1.26. The fraction of sp³-hybridized carbons (Fsp3) is 0.333. The van der Waals surface area contributed by atoms with Crippen LogP contribution in [0.4, 0.5) is 0 Å². The summed E-state index contributed by atoms with van der Waals surface area (Å²) >= 11 is 1.76. The molecular weight excluding hydrogens is 563 g/mol. The van der Waals surface area contributed by atoms with E-state index < -0.39 is 12.7 Å². The van der Waals surface area contributed by atoms with Crippen LogP contribution in [0.25, 0.3) is 0 Å². The summed E-state index contributed by atoms with van der Waals surface area (Å²) < 4.78 is 24.2. The monoisotopic (exact) mass is 598 g/mol. The molecule has 0 amide bonds. The summed E-state index contributed by atoms with van der Waals surface area (Å²) in [6.45, 7) is 23.1. The number of aliphatic hydroxyl groups is 1. The molecule has 1 atom stereocenters. The van der Waals surface area contributed by atoms with Crippen molar-refractivity contribution in [3.8, 4) is 4.20 Å². The SMILES string of the molecule is CC(O)(C[C]#[Mo+])c1ccccc1.Cc1cc(C)n([BH-](n2nc(C)cc2C)n2nc(C)cc2C)n1.[C-]#[O+].[C-]#[O+]. The summed E-state index contributed by atoms with van der Waals surface area (Å²) in [5.41, 5.74) is 6.58. The maximum absolute atomic E-state index is 9.92. The Hall–Kier alpha value is -3.18. The van der Waals surface area contributed by atoms with Gasteiger partial charge in [-0.15, -0.1) is 0 Å². The zero-order valence-corrected chi connectivity index (χ0v) is 24.9. The van der Waals surface area contributed by atoms with Crippen LogP contribution in [0.1, 0.15) is 53.1 Å². The molecule has 4 aromatic rings. The average molecular weight is 596 g/mol. The molecule has 0 bridgehead atoms. The third kappa shape index (κ3) is 8.42. The zero-order valence-electron chi connectivity index (χ0n) is 22.9. The van der Waals surface area contributed by atoms with Crippen molar-refractivity contribution in [3.63, 3.8) is 0 Å². The standard InChI is InChI=1S/C15H22BN6.C10H11O.2CO.Mo/c1-10-7-13(4)20(17-10)16(21-14(5)8-11(2)18-21)22-15(6)9-12(3)19-22;1-3-10(2,11)9-7-5-4-6-8-9;2*1-2;/h7-9,16H,1-6H3;4-8,11H,3H2,2H3;;;/q-1;;;;+1. The molecule has 198 valence electrons. The average Bonchev–Trinajstić information content (AvgIpc) is 3.52. The van der Waals surface area contributed by atoms with Crippen LogP contribution in [0.3, 0.4) is 0 Å². The Bertz CT molecular complexity index is 1280. The van der Waals surface area contributed by atoms with Crippen LogP contribution < -0.4 is 0 Å². The normalized spacial score (nSPS) is 11.5. The minimum absolute atomic E-state index is 0.571. The number of aromatic nitrogens is 6. The molecule has 1 N–H and O–H groups in total. The van der Waals surface area contributed by atoms with Gasteiger partial charge in [-0.05, 0) is 76.8 Å². The number of nitrogens with zero attached hydrogens (tertiary/aromatic N) is 6. The number of benzene rings is 1.